The monoisotopic (exact) mass is 249 g/mol. The molecule has 1 aromatic carbocycles. The van der Waals surface area contributed by atoms with Crippen molar-refractivity contribution in [2.75, 3.05) is 7.05 Å². The van der Waals surface area contributed by atoms with Crippen LogP contribution in [0.1, 0.15) is 23.1 Å². The molecule has 0 aliphatic heterocycles. The molecule has 2 aromatic rings. The van der Waals surface area contributed by atoms with Crippen LogP contribution in [0.2, 0.25) is 0 Å². The zero-order chi connectivity index (χ0) is 13.1. The van der Waals surface area contributed by atoms with Gasteiger partial charge in [-0.25, -0.2) is 18.7 Å². The Morgan fingerprint density at radius 2 is 2.00 bits per heavy atom. The van der Waals surface area contributed by atoms with E-state index < -0.39 is 17.7 Å². The van der Waals surface area contributed by atoms with E-state index in [0.29, 0.717) is 17.1 Å². The zero-order valence-electron chi connectivity index (χ0n) is 10.1. The van der Waals surface area contributed by atoms with Gasteiger partial charge >= 0.3 is 0 Å². The molecule has 0 bridgehead atoms. The number of nitrogens with one attached hydrogen (secondary N) is 1. The predicted molar refractivity (Wildman–Crippen MR) is 64.0 cm³/mol. The normalized spacial score (nSPS) is 12.4. The van der Waals surface area contributed by atoms with Crippen LogP contribution < -0.4 is 5.32 Å². The van der Waals surface area contributed by atoms with Crippen molar-refractivity contribution in [3.63, 3.8) is 0 Å². The molecule has 0 aliphatic carbocycles. The summed E-state index contributed by atoms with van der Waals surface area (Å²) < 4.78 is 26.6. The number of nitrogens with zero attached hydrogens (tertiary/aromatic N) is 2. The van der Waals surface area contributed by atoms with Gasteiger partial charge < -0.3 is 5.32 Å². The van der Waals surface area contributed by atoms with E-state index in [-0.39, 0.29) is 0 Å². The lowest BCUT2D eigenvalue weighted by molar-refractivity contribution is 0.547. The van der Waals surface area contributed by atoms with Crippen molar-refractivity contribution in [3.8, 4) is 0 Å². The lowest BCUT2D eigenvalue weighted by Crippen LogP contribution is -2.20. The van der Waals surface area contributed by atoms with Crippen LogP contribution in [0, 0.1) is 18.6 Å². The maximum atomic E-state index is 13.8. The summed E-state index contributed by atoms with van der Waals surface area (Å²) in [6.45, 7) is 1.76. The molecule has 0 spiro atoms. The standard InChI is InChI=1S/C13H13F2N3/c1-8-17-6-5-12(18-8)13(16-2)10-4-3-9(14)7-11(10)15/h3-7,13,16H,1-2H3. The minimum atomic E-state index is -0.593. The van der Waals surface area contributed by atoms with Gasteiger partial charge in [-0.2, -0.15) is 0 Å². The summed E-state index contributed by atoms with van der Waals surface area (Å²) in [5.41, 5.74) is 1.01. The molecule has 18 heavy (non-hydrogen) atoms. The number of rotatable bonds is 3. The Bertz CT molecular complexity index is 558. The molecule has 94 valence electrons. The van der Waals surface area contributed by atoms with Gasteiger partial charge in [-0.15, -0.1) is 0 Å². The third kappa shape index (κ3) is 2.51. The van der Waals surface area contributed by atoms with Gasteiger partial charge in [-0.3, -0.25) is 0 Å². The summed E-state index contributed by atoms with van der Waals surface area (Å²) in [7, 11) is 1.70. The molecular weight excluding hydrogens is 236 g/mol. The molecule has 1 unspecified atom stereocenters. The highest BCUT2D eigenvalue weighted by Gasteiger charge is 2.18. The van der Waals surface area contributed by atoms with Gasteiger partial charge in [0.25, 0.3) is 0 Å². The lowest BCUT2D eigenvalue weighted by Gasteiger charge is -2.17. The number of aromatic nitrogens is 2. The van der Waals surface area contributed by atoms with E-state index in [0.717, 1.165) is 6.07 Å². The Labute approximate surface area is 104 Å². The van der Waals surface area contributed by atoms with E-state index in [2.05, 4.69) is 15.3 Å². The summed E-state index contributed by atoms with van der Waals surface area (Å²) in [6, 6.07) is 4.80. The second-order valence-electron chi connectivity index (χ2n) is 3.92. The minimum absolute atomic E-state index is 0.358. The lowest BCUT2D eigenvalue weighted by atomic mass is 10.0. The van der Waals surface area contributed by atoms with Gasteiger partial charge in [0, 0.05) is 17.8 Å². The van der Waals surface area contributed by atoms with Crippen LogP contribution in [0.4, 0.5) is 8.78 Å². The van der Waals surface area contributed by atoms with E-state index in [1.807, 2.05) is 0 Å². The fourth-order valence-electron chi connectivity index (χ4n) is 1.83. The van der Waals surface area contributed by atoms with E-state index >= 15 is 0 Å². The van der Waals surface area contributed by atoms with Crippen LogP contribution in [-0.4, -0.2) is 17.0 Å². The molecule has 3 nitrogen and oxygen atoms in total. The molecular formula is C13H13F2N3. The molecule has 5 heteroatoms. The minimum Gasteiger partial charge on any atom is -0.308 e. The molecule has 0 radical (unpaired) electrons. The summed E-state index contributed by atoms with van der Waals surface area (Å²) in [6.07, 6.45) is 1.61. The highest BCUT2D eigenvalue weighted by molar-refractivity contribution is 5.29. The fraction of sp³-hybridized carbons (Fsp3) is 0.231. The van der Waals surface area contributed by atoms with Crippen LogP contribution in [0.3, 0.4) is 0 Å². The number of hydrogen-bond donors (Lipinski definition) is 1. The van der Waals surface area contributed by atoms with Gasteiger partial charge in [0.05, 0.1) is 11.7 Å². The van der Waals surface area contributed by atoms with Gasteiger partial charge in [0.1, 0.15) is 17.5 Å². The van der Waals surface area contributed by atoms with Crippen molar-refractivity contribution >= 4 is 0 Å². The summed E-state index contributed by atoms with van der Waals surface area (Å²) >= 11 is 0. The molecule has 1 heterocycles. The van der Waals surface area contributed by atoms with Crippen molar-refractivity contribution < 1.29 is 8.78 Å². The van der Waals surface area contributed by atoms with E-state index in [9.17, 15) is 8.78 Å². The third-order valence-corrected chi connectivity index (χ3v) is 2.66. The number of benzene rings is 1. The van der Waals surface area contributed by atoms with Crippen molar-refractivity contribution in [2.24, 2.45) is 0 Å². The van der Waals surface area contributed by atoms with Gasteiger partial charge in [-0.1, -0.05) is 6.07 Å². The molecule has 0 saturated carbocycles. The van der Waals surface area contributed by atoms with Crippen LogP contribution in [-0.2, 0) is 0 Å². The van der Waals surface area contributed by atoms with Gasteiger partial charge in [0.2, 0.25) is 0 Å². The van der Waals surface area contributed by atoms with Crippen LogP contribution in [0.5, 0.6) is 0 Å². The maximum Gasteiger partial charge on any atom is 0.131 e. The summed E-state index contributed by atoms with van der Waals surface area (Å²) in [5, 5.41) is 2.97. The Kier molecular flexibility index (Phi) is 3.62. The SMILES string of the molecule is CNC(c1ccnc(C)n1)c1ccc(F)cc1F. The Morgan fingerprint density at radius 1 is 1.22 bits per heavy atom. The first-order chi connectivity index (χ1) is 8.61. The topological polar surface area (TPSA) is 37.8 Å². The first kappa shape index (κ1) is 12.6. The maximum absolute atomic E-state index is 13.8. The molecule has 1 N–H and O–H groups in total. The van der Waals surface area contributed by atoms with Crippen molar-refractivity contribution in [3.05, 3.63) is 59.2 Å². The average molecular weight is 249 g/mol. The predicted octanol–water partition coefficient (Wildman–Crippen LogP) is 2.37. The molecule has 0 amide bonds. The Hall–Kier alpha value is -1.88. The summed E-state index contributed by atoms with van der Waals surface area (Å²) in [5.74, 6) is -0.578. The second kappa shape index (κ2) is 5.18. The van der Waals surface area contributed by atoms with Crippen LogP contribution in [0.15, 0.2) is 30.5 Å². The quantitative estimate of drug-likeness (QED) is 0.907. The van der Waals surface area contributed by atoms with Crippen molar-refractivity contribution in [1.29, 1.82) is 0 Å². The largest absolute Gasteiger partial charge is 0.308 e. The van der Waals surface area contributed by atoms with E-state index in [1.54, 1.807) is 26.2 Å². The average Bonchev–Trinajstić information content (AvgIpc) is 2.33. The molecule has 1 atom stereocenters. The van der Waals surface area contributed by atoms with Gasteiger partial charge in [-0.05, 0) is 26.1 Å². The van der Waals surface area contributed by atoms with Crippen LogP contribution >= 0.6 is 0 Å². The summed E-state index contributed by atoms with van der Waals surface area (Å²) in [4.78, 5) is 8.24. The second-order valence-corrected chi connectivity index (χ2v) is 3.92. The fourth-order valence-corrected chi connectivity index (χ4v) is 1.83. The first-order valence-electron chi connectivity index (χ1n) is 5.53. The molecule has 0 fully saturated rings. The number of aryl methyl sites for hydroxylation is 1. The first-order valence-corrected chi connectivity index (χ1v) is 5.53. The zero-order valence-corrected chi connectivity index (χ0v) is 10.1. The number of hydrogen-bond acceptors (Lipinski definition) is 3. The third-order valence-electron chi connectivity index (χ3n) is 2.66. The Morgan fingerprint density at radius 3 is 2.61 bits per heavy atom. The number of halogens is 2. The van der Waals surface area contributed by atoms with Gasteiger partial charge in [0.15, 0.2) is 0 Å². The highest BCUT2D eigenvalue weighted by atomic mass is 19.1. The van der Waals surface area contributed by atoms with E-state index in [1.165, 1.54) is 12.1 Å². The molecule has 2 rings (SSSR count). The molecule has 1 aromatic heterocycles. The van der Waals surface area contributed by atoms with Crippen molar-refractivity contribution in [1.82, 2.24) is 15.3 Å². The van der Waals surface area contributed by atoms with E-state index in [4.69, 9.17) is 0 Å². The molecule has 0 saturated heterocycles. The highest BCUT2D eigenvalue weighted by Crippen LogP contribution is 2.23. The Balaban J connectivity index is 2.45. The van der Waals surface area contributed by atoms with Crippen molar-refractivity contribution in [2.45, 2.75) is 13.0 Å². The van der Waals surface area contributed by atoms with Crippen LogP contribution in [0.25, 0.3) is 0 Å². The molecule has 0 aliphatic rings. The smallest absolute Gasteiger partial charge is 0.131 e.